The molecule has 4 aromatic rings. The molecule has 0 saturated carbocycles. The van der Waals surface area contributed by atoms with Crippen molar-refractivity contribution in [1.82, 2.24) is 5.32 Å². The molecule has 1 aliphatic rings. The number of hydrogen-bond acceptors (Lipinski definition) is 9. The molecule has 0 bridgehead atoms. The summed E-state index contributed by atoms with van der Waals surface area (Å²) in [5.41, 5.74) is 2.11. The van der Waals surface area contributed by atoms with Gasteiger partial charge in [-0.15, -0.1) is 0 Å². The molecule has 4 amide bonds. The maximum absolute atomic E-state index is 13.6. The van der Waals surface area contributed by atoms with E-state index in [1.165, 1.54) is 25.3 Å². The number of anilines is 1. The van der Waals surface area contributed by atoms with Gasteiger partial charge < -0.3 is 28.4 Å². The van der Waals surface area contributed by atoms with Gasteiger partial charge in [-0.25, -0.2) is 9.69 Å². The molecular formula is C39H39ClN2O9. The summed E-state index contributed by atoms with van der Waals surface area (Å²) in [7, 11) is 1.45. The van der Waals surface area contributed by atoms with E-state index in [1.54, 1.807) is 25.1 Å². The summed E-state index contributed by atoms with van der Waals surface area (Å²) in [4.78, 5) is 40.3. The predicted molar refractivity (Wildman–Crippen MR) is 193 cm³/mol. The van der Waals surface area contributed by atoms with Crippen molar-refractivity contribution in [3.05, 3.63) is 106 Å². The van der Waals surface area contributed by atoms with Crippen molar-refractivity contribution in [2.45, 2.75) is 40.4 Å². The number of benzene rings is 4. The number of carbonyl (C=O) groups excluding carboxylic acids is 3. The summed E-state index contributed by atoms with van der Waals surface area (Å²) in [5, 5.41) is 2.42. The van der Waals surface area contributed by atoms with Crippen LogP contribution in [0.4, 0.5) is 10.5 Å². The van der Waals surface area contributed by atoms with Crippen molar-refractivity contribution in [2.24, 2.45) is 0 Å². The SMILES string of the molecule is CCCOc1ccc(N2C(=O)NC(=O)/C(=C/c3cc(Cl)c(OCc4ccc(OCc5ccccc5)c(OCC)c4)c(OCC)c3)C2=O)cc1OC. The van der Waals surface area contributed by atoms with Crippen molar-refractivity contribution < 1.29 is 42.8 Å². The molecule has 0 unspecified atom stereocenters. The average molecular weight is 715 g/mol. The molecule has 1 fully saturated rings. The molecule has 0 aromatic heterocycles. The van der Waals surface area contributed by atoms with Gasteiger partial charge in [-0.05, 0) is 79.4 Å². The van der Waals surface area contributed by atoms with Crippen LogP contribution in [0.5, 0.6) is 34.5 Å². The van der Waals surface area contributed by atoms with Gasteiger partial charge in [-0.2, -0.15) is 0 Å². The summed E-state index contributed by atoms with van der Waals surface area (Å²) >= 11 is 6.71. The first-order valence-electron chi connectivity index (χ1n) is 16.5. The van der Waals surface area contributed by atoms with Gasteiger partial charge in [0.05, 0.1) is 37.6 Å². The third-order valence-corrected chi connectivity index (χ3v) is 7.82. The molecule has 1 aliphatic heterocycles. The Balaban J connectivity index is 1.37. The van der Waals surface area contributed by atoms with E-state index in [1.807, 2.05) is 62.4 Å². The second-order valence-electron chi connectivity index (χ2n) is 11.2. The summed E-state index contributed by atoms with van der Waals surface area (Å²) in [5.74, 6) is 0.860. The molecule has 11 nitrogen and oxygen atoms in total. The Kier molecular flexibility index (Phi) is 12.4. The zero-order valence-corrected chi connectivity index (χ0v) is 29.6. The highest BCUT2D eigenvalue weighted by molar-refractivity contribution is 6.39. The van der Waals surface area contributed by atoms with Gasteiger partial charge in [0.2, 0.25) is 0 Å². The van der Waals surface area contributed by atoms with Crippen molar-refractivity contribution in [2.75, 3.05) is 31.8 Å². The van der Waals surface area contributed by atoms with Crippen LogP contribution in [0.2, 0.25) is 5.02 Å². The van der Waals surface area contributed by atoms with Gasteiger partial charge in [0.15, 0.2) is 34.5 Å². The number of barbiturate groups is 1. The van der Waals surface area contributed by atoms with Crippen LogP contribution in [0, 0.1) is 0 Å². The van der Waals surface area contributed by atoms with Gasteiger partial charge >= 0.3 is 6.03 Å². The zero-order valence-electron chi connectivity index (χ0n) is 28.8. The Morgan fingerprint density at radius 3 is 2.14 bits per heavy atom. The normalized spacial score (nSPS) is 13.5. The second-order valence-corrected chi connectivity index (χ2v) is 11.6. The molecule has 0 aliphatic carbocycles. The Bertz CT molecular complexity index is 1910. The number of hydrogen-bond donors (Lipinski definition) is 1. The molecular weight excluding hydrogens is 676 g/mol. The van der Waals surface area contributed by atoms with Crippen LogP contribution in [0.15, 0.2) is 84.4 Å². The van der Waals surface area contributed by atoms with Crippen molar-refractivity contribution >= 4 is 41.2 Å². The molecule has 0 radical (unpaired) electrons. The number of methoxy groups -OCH3 is 1. The topological polar surface area (TPSA) is 122 Å². The highest BCUT2D eigenvalue weighted by atomic mass is 35.5. The Morgan fingerprint density at radius 2 is 1.41 bits per heavy atom. The van der Waals surface area contributed by atoms with E-state index in [-0.39, 0.29) is 35.2 Å². The molecule has 5 rings (SSSR count). The van der Waals surface area contributed by atoms with Gasteiger partial charge in [0.1, 0.15) is 18.8 Å². The first-order chi connectivity index (χ1) is 24.8. The third-order valence-electron chi connectivity index (χ3n) is 7.54. The lowest BCUT2D eigenvalue weighted by Gasteiger charge is -2.27. The fourth-order valence-corrected chi connectivity index (χ4v) is 5.45. The minimum absolute atomic E-state index is 0.128. The fourth-order valence-electron chi connectivity index (χ4n) is 5.18. The second kappa shape index (κ2) is 17.3. The Morgan fingerprint density at radius 1 is 0.706 bits per heavy atom. The molecule has 0 spiro atoms. The first-order valence-corrected chi connectivity index (χ1v) is 16.9. The lowest BCUT2D eigenvalue weighted by molar-refractivity contribution is -0.122. The smallest absolute Gasteiger partial charge is 0.335 e. The summed E-state index contributed by atoms with van der Waals surface area (Å²) in [6, 6.07) is 22.3. The molecule has 0 atom stereocenters. The minimum Gasteiger partial charge on any atom is -0.493 e. The highest BCUT2D eigenvalue weighted by Gasteiger charge is 2.37. The van der Waals surface area contributed by atoms with E-state index in [0.29, 0.717) is 54.1 Å². The largest absolute Gasteiger partial charge is 0.493 e. The van der Waals surface area contributed by atoms with Crippen LogP contribution < -0.4 is 38.6 Å². The van der Waals surface area contributed by atoms with Crippen molar-refractivity contribution in [1.29, 1.82) is 0 Å². The van der Waals surface area contributed by atoms with E-state index < -0.39 is 17.8 Å². The number of carbonyl (C=O) groups is 3. The van der Waals surface area contributed by atoms with Gasteiger partial charge in [-0.1, -0.05) is 54.9 Å². The van der Waals surface area contributed by atoms with Gasteiger partial charge in [-0.3, -0.25) is 14.9 Å². The van der Waals surface area contributed by atoms with Crippen LogP contribution in [0.25, 0.3) is 6.08 Å². The van der Waals surface area contributed by atoms with Crippen LogP contribution in [-0.4, -0.2) is 44.8 Å². The number of urea groups is 1. The maximum Gasteiger partial charge on any atom is 0.335 e. The summed E-state index contributed by atoms with van der Waals surface area (Å²) in [6.45, 7) is 7.39. The summed E-state index contributed by atoms with van der Waals surface area (Å²) in [6.07, 6.45) is 2.12. The van der Waals surface area contributed by atoms with E-state index >= 15 is 0 Å². The van der Waals surface area contributed by atoms with E-state index in [9.17, 15) is 14.4 Å². The number of ether oxygens (including phenoxy) is 6. The lowest BCUT2D eigenvalue weighted by atomic mass is 10.1. The molecule has 266 valence electrons. The van der Waals surface area contributed by atoms with Crippen molar-refractivity contribution in [3.63, 3.8) is 0 Å². The summed E-state index contributed by atoms with van der Waals surface area (Å²) < 4.78 is 35.0. The zero-order chi connectivity index (χ0) is 36.3. The average Bonchev–Trinajstić information content (AvgIpc) is 3.12. The Labute approximate surface area is 301 Å². The number of amides is 4. The monoisotopic (exact) mass is 714 g/mol. The highest BCUT2D eigenvalue weighted by Crippen LogP contribution is 2.39. The van der Waals surface area contributed by atoms with Crippen LogP contribution >= 0.6 is 11.6 Å². The predicted octanol–water partition coefficient (Wildman–Crippen LogP) is 7.76. The molecule has 4 aromatic carbocycles. The maximum atomic E-state index is 13.6. The number of halogens is 1. The lowest BCUT2D eigenvalue weighted by Crippen LogP contribution is -2.54. The van der Waals surface area contributed by atoms with E-state index in [0.717, 1.165) is 22.4 Å². The quantitative estimate of drug-likeness (QED) is 0.0917. The van der Waals surface area contributed by atoms with Crippen LogP contribution in [0.3, 0.4) is 0 Å². The fraction of sp³-hybridized carbons (Fsp3) is 0.256. The number of nitrogens with zero attached hydrogens (tertiary/aromatic N) is 1. The number of imide groups is 2. The first kappa shape index (κ1) is 36.6. The van der Waals surface area contributed by atoms with E-state index in [2.05, 4.69) is 5.32 Å². The molecule has 1 N–H and O–H groups in total. The minimum atomic E-state index is -0.897. The number of rotatable bonds is 16. The molecule has 1 saturated heterocycles. The van der Waals surface area contributed by atoms with Gasteiger partial charge in [0.25, 0.3) is 11.8 Å². The van der Waals surface area contributed by atoms with E-state index in [4.69, 9.17) is 40.0 Å². The molecule has 51 heavy (non-hydrogen) atoms. The molecule has 12 heteroatoms. The molecule has 1 heterocycles. The third kappa shape index (κ3) is 8.92. The Hall–Kier alpha value is -5.68. The van der Waals surface area contributed by atoms with Crippen molar-refractivity contribution in [3.8, 4) is 34.5 Å². The number of nitrogens with one attached hydrogen (secondary N) is 1. The van der Waals surface area contributed by atoms with Gasteiger partial charge in [0, 0.05) is 6.07 Å². The van der Waals surface area contributed by atoms with Crippen LogP contribution in [0.1, 0.15) is 43.9 Å². The van der Waals surface area contributed by atoms with Crippen LogP contribution in [-0.2, 0) is 22.8 Å². The standard InChI is InChI=1S/C39H39ClN2O9/c1-5-17-49-31-16-14-28(22-33(31)46-4)42-38(44)29(37(43)41-39(42)45)18-27-19-30(40)36(35(21-27)48-7-3)51-24-26-13-15-32(34(20-26)47-6-2)50-23-25-11-9-8-10-12-25/h8-16,18-22H,5-7,17,23-24H2,1-4H3,(H,41,43,45)/b29-18-.